The fourth-order valence-corrected chi connectivity index (χ4v) is 1.86. The van der Waals surface area contributed by atoms with Crippen molar-refractivity contribution in [2.24, 2.45) is 0 Å². The van der Waals surface area contributed by atoms with Gasteiger partial charge in [0.1, 0.15) is 11.8 Å². The van der Waals surface area contributed by atoms with Crippen LogP contribution in [0.2, 0.25) is 0 Å². The van der Waals surface area contributed by atoms with E-state index in [9.17, 15) is 4.79 Å². The maximum Gasteiger partial charge on any atom is 0.322 e. The molecule has 106 valence electrons. The van der Waals surface area contributed by atoms with Gasteiger partial charge < -0.3 is 14.8 Å². The molecule has 1 aromatic carbocycles. The van der Waals surface area contributed by atoms with E-state index in [1.807, 2.05) is 12.1 Å². The Morgan fingerprint density at radius 2 is 2.00 bits per heavy atom. The van der Waals surface area contributed by atoms with E-state index in [1.165, 1.54) is 12.7 Å². The minimum Gasteiger partial charge on any atom is -0.494 e. The Balaban J connectivity index is 2.37. The summed E-state index contributed by atoms with van der Waals surface area (Å²) in [5.74, 6) is 0.573. The molecule has 19 heavy (non-hydrogen) atoms. The number of carbonyl (C=O) groups is 1. The molecule has 0 saturated carbocycles. The van der Waals surface area contributed by atoms with E-state index in [-0.39, 0.29) is 12.0 Å². The molecule has 0 spiro atoms. The quantitative estimate of drug-likeness (QED) is 0.732. The van der Waals surface area contributed by atoms with Crippen molar-refractivity contribution in [1.29, 1.82) is 0 Å². The topological polar surface area (TPSA) is 47.6 Å². The van der Waals surface area contributed by atoms with Crippen LogP contribution in [0, 0.1) is 0 Å². The van der Waals surface area contributed by atoms with Crippen molar-refractivity contribution in [3.8, 4) is 5.75 Å². The lowest BCUT2D eigenvalue weighted by molar-refractivity contribution is -0.143. The molecule has 1 N–H and O–H groups in total. The summed E-state index contributed by atoms with van der Waals surface area (Å²) in [6.45, 7) is 2.64. The van der Waals surface area contributed by atoms with Crippen molar-refractivity contribution in [3.63, 3.8) is 0 Å². The Morgan fingerprint density at radius 3 is 2.53 bits per heavy atom. The second-order valence-corrected chi connectivity index (χ2v) is 4.40. The van der Waals surface area contributed by atoms with Gasteiger partial charge in [-0.05, 0) is 31.2 Å². The zero-order valence-corrected chi connectivity index (χ0v) is 11.9. The highest BCUT2D eigenvalue weighted by Gasteiger charge is 2.16. The monoisotopic (exact) mass is 265 g/mol. The maximum absolute atomic E-state index is 11.4. The van der Waals surface area contributed by atoms with Crippen molar-refractivity contribution in [1.82, 2.24) is 5.32 Å². The second kappa shape index (κ2) is 8.53. The van der Waals surface area contributed by atoms with Gasteiger partial charge in [-0.15, -0.1) is 0 Å². The molecule has 0 bridgehead atoms. The third kappa shape index (κ3) is 5.30. The van der Waals surface area contributed by atoms with Gasteiger partial charge in [0.2, 0.25) is 0 Å². The van der Waals surface area contributed by atoms with Crippen LogP contribution in [0.5, 0.6) is 5.75 Å². The molecular formula is C15H23NO3. The molecule has 0 fully saturated rings. The van der Waals surface area contributed by atoms with E-state index in [0.29, 0.717) is 13.0 Å². The Bertz CT molecular complexity index is 375. The van der Waals surface area contributed by atoms with Gasteiger partial charge in [-0.2, -0.15) is 0 Å². The molecule has 1 unspecified atom stereocenters. The molecule has 1 atom stereocenters. The molecule has 0 saturated heterocycles. The molecule has 0 aliphatic carbocycles. The zero-order chi connectivity index (χ0) is 14.1. The Labute approximate surface area is 115 Å². The highest BCUT2D eigenvalue weighted by molar-refractivity contribution is 5.75. The summed E-state index contributed by atoms with van der Waals surface area (Å²) < 4.78 is 10.3. The first-order chi connectivity index (χ1) is 9.21. The van der Waals surface area contributed by atoms with Gasteiger partial charge in [0.05, 0.1) is 13.7 Å². The number of esters is 1. The number of nitrogens with one attached hydrogen (secondary N) is 1. The van der Waals surface area contributed by atoms with E-state index >= 15 is 0 Å². The fourth-order valence-electron chi connectivity index (χ4n) is 1.86. The number of carbonyl (C=O) groups excluding carboxylic acids is 1. The van der Waals surface area contributed by atoms with Crippen LogP contribution in [0.4, 0.5) is 0 Å². The highest BCUT2D eigenvalue weighted by Crippen LogP contribution is 2.13. The first kappa shape index (κ1) is 15.5. The van der Waals surface area contributed by atoms with Crippen LogP contribution in [0.15, 0.2) is 24.3 Å². The molecule has 0 radical (unpaired) electrons. The Hall–Kier alpha value is -1.55. The number of ether oxygens (including phenoxy) is 2. The third-order valence-corrected chi connectivity index (χ3v) is 2.97. The lowest BCUT2D eigenvalue weighted by Gasteiger charge is -2.14. The molecule has 0 amide bonds. The first-order valence-electron chi connectivity index (χ1n) is 6.68. The predicted molar refractivity (Wildman–Crippen MR) is 75.4 cm³/mol. The van der Waals surface area contributed by atoms with Crippen molar-refractivity contribution >= 4 is 5.97 Å². The Kier molecular flexibility index (Phi) is 6.97. The number of hydrogen-bond acceptors (Lipinski definition) is 4. The van der Waals surface area contributed by atoms with E-state index in [2.05, 4.69) is 24.4 Å². The largest absolute Gasteiger partial charge is 0.494 e. The second-order valence-electron chi connectivity index (χ2n) is 4.40. The minimum absolute atomic E-state index is 0.260. The van der Waals surface area contributed by atoms with Crippen LogP contribution >= 0.6 is 0 Å². The molecule has 0 aliphatic rings. The van der Waals surface area contributed by atoms with Gasteiger partial charge in [-0.25, -0.2) is 0 Å². The molecule has 0 aromatic heterocycles. The SMILES string of the molecule is CCCc1ccc(OCCC(NC)C(=O)OC)cc1. The summed E-state index contributed by atoms with van der Waals surface area (Å²) in [7, 11) is 3.13. The normalized spacial score (nSPS) is 11.9. The van der Waals surface area contributed by atoms with Gasteiger partial charge in [-0.3, -0.25) is 4.79 Å². The van der Waals surface area contributed by atoms with Gasteiger partial charge in [-0.1, -0.05) is 25.5 Å². The highest BCUT2D eigenvalue weighted by atomic mass is 16.5. The number of hydrogen-bond donors (Lipinski definition) is 1. The predicted octanol–water partition coefficient (Wildman–Crippen LogP) is 2.17. The first-order valence-corrected chi connectivity index (χ1v) is 6.68. The van der Waals surface area contributed by atoms with Crippen molar-refractivity contribution < 1.29 is 14.3 Å². The number of benzene rings is 1. The fraction of sp³-hybridized carbons (Fsp3) is 0.533. The molecule has 0 aliphatic heterocycles. The average molecular weight is 265 g/mol. The molecule has 1 aromatic rings. The summed E-state index contributed by atoms with van der Waals surface area (Å²) >= 11 is 0. The van der Waals surface area contributed by atoms with E-state index < -0.39 is 0 Å². The Morgan fingerprint density at radius 1 is 1.32 bits per heavy atom. The van der Waals surface area contributed by atoms with E-state index in [1.54, 1.807) is 7.05 Å². The van der Waals surface area contributed by atoms with Gasteiger partial charge >= 0.3 is 5.97 Å². The number of methoxy groups -OCH3 is 1. The van der Waals surface area contributed by atoms with Gasteiger partial charge in [0.15, 0.2) is 0 Å². The molecular weight excluding hydrogens is 242 g/mol. The zero-order valence-electron chi connectivity index (χ0n) is 11.9. The van der Waals surface area contributed by atoms with Gasteiger partial charge in [0, 0.05) is 6.42 Å². The molecule has 1 rings (SSSR count). The maximum atomic E-state index is 11.4. The van der Waals surface area contributed by atoms with Crippen molar-refractivity contribution in [3.05, 3.63) is 29.8 Å². The van der Waals surface area contributed by atoms with Crippen LogP contribution in [-0.2, 0) is 16.0 Å². The standard InChI is InChI=1S/C15H23NO3/c1-4-5-12-6-8-13(9-7-12)19-11-10-14(16-2)15(17)18-3/h6-9,14,16H,4-5,10-11H2,1-3H3. The number of aryl methyl sites for hydroxylation is 1. The van der Waals surface area contributed by atoms with Crippen molar-refractivity contribution in [2.45, 2.75) is 32.2 Å². The van der Waals surface area contributed by atoms with E-state index in [4.69, 9.17) is 9.47 Å². The number of rotatable bonds is 8. The summed E-state index contributed by atoms with van der Waals surface area (Å²) in [6.07, 6.45) is 2.81. The third-order valence-electron chi connectivity index (χ3n) is 2.97. The van der Waals surface area contributed by atoms with Crippen molar-refractivity contribution in [2.75, 3.05) is 20.8 Å². The smallest absolute Gasteiger partial charge is 0.322 e. The average Bonchev–Trinajstić information content (AvgIpc) is 2.45. The molecule has 0 heterocycles. The summed E-state index contributed by atoms with van der Waals surface area (Å²) in [5.41, 5.74) is 1.32. The molecule has 4 heteroatoms. The molecule has 4 nitrogen and oxygen atoms in total. The van der Waals surface area contributed by atoms with Crippen LogP contribution in [0.25, 0.3) is 0 Å². The summed E-state index contributed by atoms with van der Waals surface area (Å²) in [5, 5.41) is 2.91. The lowest BCUT2D eigenvalue weighted by Crippen LogP contribution is -2.36. The van der Waals surface area contributed by atoms with E-state index in [0.717, 1.165) is 18.6 Å². The summed E-state index contributed by atoms with van der Waals surface area (Å²) in [6, 6.07) is 7.78. The lowest BCUT2D eigenvalue weighted by atomic mass is 10.1. The van der Waals surface area contributed by atoms with Crippen LogP contribution in [0.1, 0.15) is 25.3 Å². The van der Waals surface area contributed by atoms with Crippen LogP contribution in [0.3, 0.4) is 0 Å². The van der Waals surface area contributed by atoms with Crippen LogP contribution in [-0.4, -0.2) is 32.8 Å². The number of likely N-dealkylation sites (N-methyl/N-ethyl adjacent to an activating group) is 1. The minimum atomic E-state index is -0.315. The van der Waals surface area contributed by atoms with Gasteiger partial charge in [0.25, 0.3) is 0 Å². The summed E-state index contributed by atoms with van der Waals surface area (Å²) in [4.78, 5) is 11.4. The van der Waals surface area contributed by atoms with Crippen LogP contribution < -0.4 is 10.1 Å².